The maximum atomic E-state index is 10.4. The fourth-order valence-electron chi connectivity index (χ4n) is 0.497. The van der Waals surface area contributed by atoms with Gasteiger partial charge in [0.25, 0.3) is 0 Å². The van der Waals surface area contributed by atoms with E-state index in [0.717, 1.165) is 6.92 Å². The summed E-state index contributed by atoms with van der Waals surface area (Å²) in [7, 11) is 0. The number of hydrogen-bond acceptors (Lipinski definition) is 3. The van der Waals surface area contributed by atoms with Crippen molar-refractivity contribution in [2.45, 2.75) is 13.0 Å². The van der Waals surface area contributed by atoms with Gasteiger partial charge in [0.2, 0.25) is 5.91 Å². The van der Waals surface area contributed by atoms with Crippen LogP contribution < -0.4 is 5.32 Å². The van der Waals surface area contributed by atoms with Gasteiger partial charge in [-0.3, -0.25) is 4.79 Å². The van der Waals surface area contributed by atoms with Crippen LogP contribution in [0.5, 0.6) is 0 Å². The van der Waals surface area contributed by atoms with Crippen molar-refractivity contribution < 1.29 is 24.6 Å². The summed E-state index contributed by atoms with van der Waals surface area (Å²) in [5, 5.41) is 18.5. The van der Waals surface area contributed by atoms with Gasteiger partial charge in [-0.25, -0.2) is 9.59 Å². The van der Waals surface area contributed by atoms with Gasteiger partial charge >= 0.3 is 11.9 Å². The molecular formula is C7H7NO5. The molecule has 0 aliphatic heterocycles. The molecule has 0 aromatic heterocycles. The molecule has 0 unspecified atom stereocenters. The summed E-state index contributed by atoms with van der Waals surface area (Å²) in [6.07, 6.45) is 0. The fraction of sp³-hybridized carbons (Fsp3) is 0.286. The standard InChI is InChI=1S/C7H7NO5/c1-4(9)8-5(7(12)13)2-3-6(10)11/h5H,1H3,(H,8,9)(H,10,11)(H,12,13)/t5-/m0/s1. The zero-order chi connectivity index (χ0) is 10.4. The Bertz CT molecular complexity index is 298. The van der Waals surface area contributed by atoms with E-state index in [4.69, 9.17) is 10.2 Å². The van der Waals surface area contributed by atoms with Crippen LogP contribution in [0, 0.1) is 11.8 Å². The lowest BCUT2D eigenvalue weighted by Gasteiger charge is -2.04. The number of carbonyl (C=O) groups excluding carboxylic acids is 1. The second-order valence-electron chi connectivity index (χ2n) is 2.05. The molecule has 0 heterocycles. The van der Waals surface area contributed by atoms with E-state index < -0.39 is 23.9 Å². The van der Waals surface area contributed by atoms with Gasteiger partial charge < -0.3 is 15.5 Å². The summed E-state index contributed by atoms with van der Waals surface area (Å²) in [6.45, 7) is 1.11. The Morgan fingerprint density at radius 1 is 1.31 bits per heavy atom. The maximum Gasteiger partial charge on any atom is 0.381 e. The number of hydrogen-bond donors (Lipinski definition) is 3. The third kappa shape index (κ3) is 5.26. The molecular weight excluding hydrogens is 178 g/mol. The van der Waals surface area contributed by atoms with E-state index in [1.165, 1.54) is 0 Å². The quantitative estimate of drug-likeness (QED) is 0.462. The molecule has 0 spiro atoms. The lowest BCUT2D eigenvalue weighted by atomic mass is 10.3. The first-order chi connectivity index (χ1) is 5.93. The molecule has 0 saturated heterocycles. The Morgan fingerprint density at radius 2 is 1.85 bits per heavy atom. The predicted molar refractivity (Wildman–Crippen MR) is 40.7 cm³/mol. The van der Waals surface area contributed by atoms with E-state index in [0.29, 0.717) is 0 Å². The molecule has 13 heavy (non-hydrogen) atoms. The van der Waals surface area contributed by atoms with Gasteiger partial charge in [0, 0.05) is 12.8 Å². The van der Waals surface area contributed by atoms with Crippen LogP contribution >= 0.6 is 0 Å². The molecule has 0 rings (SSSR count). The van der Waals surface area contributed by atoms with Gasteiger partial charge in [0.1, 0.15) is 0 Å². The first-order valence-electron chi connectivity index (χ1n) is 3.18. The summed E-state index contributed by atoms with van der Waals surface area (Å²) < 4.78 is 0. The molecule has 70 valence electrons. The average Bonchev–Trinajstić information content (AvgIpc) is 1.96. The highest BCUT2D eigenvalue weighted by molar-refractivity contribution is 5.90. The van der Waals surface area contributed by atoms with Crippen LogP contribution in [0.25, 0.3) is 0 Å². The number of rotatable bonds is 2. The highest BCUT2D eigenvalue weighted by Crippen LogP contribution is 1.81. The molecule has 1 amide bonds. The smallest absolute Gasteiger partial charge is 0.381 e. The van der Waals surface area contributed by atoms with Crippen molar-refractivity contribution in [3.8, 4) is 11.8 Å². The number of nitrogens with one attached hydrogen (secondary N) is 1. The SMILES string of the molecule is CC(=O)N[C@@H](C#CC(=O)O)C(=O)O. The van der Waals surface area contributed by atoms with Crippen molar-refractivity contribution >= 4 is 17.8 Å². The predicted octanol–water partition coefficient (Wildman–Crippen LogP) is -1.34. The monoisotopic (exact) mass is 185 g/mol. The summed E-state index contributed by atoms with van der Waals surface area (Å²) in [6, 6.07) is -1.48. The molecule has 6 nitrogen and oxygen atoms in total. The third-order valence-corrected chi connectivity index (χ3v) is 0.918. The fourth-order valence-corrected chi connectivity index (χ4v) is 0.497. The molecule has 0 bridgehead atoms. The van der Waals surface area contributed by atoms with Gasteiger partial charge in [-0.05, 0) is 0 Å². The number of carbonyl (C=O) groups is 3. The van der Waals surface area contributed by atoms with Gasteiger partial charge in [-0.1, -0.05) is 5.92 Å². The molecule has 0 aliphatic rings. The van der Waals surface area contributed by atoms with Gasteiger partial charge in [0.05, 0.1) is 0 Å². The second-order valence-corrected chi connectivity index (χ2v) is 2.05. The van der Waals surface area contributed by atoms with Gasteiger partial charge in [-0.2, -0.15) is 0 Å². The number of aliphatic carboxylic acids is 2. The minimum Gasteiger partial charge on any atom is -0.479 e. The first kappa shape index (κ1) is 11.0. The Kier molecular flexibility index (Phi) is 4.02. The molecule has 0 aliphatic carbocycles. The zero-order valence-corrected chi connectivity index (χ0v) is 6.70. The largest absolute Gasteiger partial charge is 0.479 e. The Morgan fingerprint density at radius 3 is 2.15 bits per heavy atom. The first-order valence-corrected chi connectivity index (χ1v) is 3.18. The van der Waals surface area contributed by atoms with Crippen molar-refractivity contribution in [3.05, 3.63) is 0 Å². The van der Waals surface area contributed by atoms with E-state index in [1.807, 2.05) is 11.2 Å². The summed E-state index contributed by atoms with van der Waals surface area (Å²) >= 11 is 0. The second kappa shape index (κ2) is 4.77. The minimum atomic E-state index is -1.48. The number of amides is 1. The third-order valence-electron chi connectivity index (χ3n) is 0.918. The Hall–Kier alpha value is -2.03. The molecule has 0 saturated carbocycles. The van der Waals surface area contributed by atoms with Crippen LogP contribution in [-0.2, 0) is 14.4 Å². The van der Waals surface area contributed by atoms with Crippen molar-refractivity contribution in [1.29, 1.82) is 0 Å². The number of carboxylic acid groups (broad SMARTS) is 2. The highest BCUT2D eigenvalue weighted by atomic mass is 16.4. The van der Waals surface area contributed by atoms with Crippen LogP contribution in [0.3, 0.4) is 0 Å². The summed E-state index contributed by atoms with van der Waals surface area (Å²) in [4.78, 5) is 30.7. The van der Waals surface area contributed by atoms with Crippen LogP contribution in [0.4, 0.5) is 0 Å². The van der Waals surface area contributed by atoms with E-state index in [-0.39, 0.29) is 0 Å². The van der Waals surface area contributed by atoms with Crippen LogP contribution in [0.1, 0.15) is 6.92 Å². The van der Waals surface area contributed by atoms with E-state index in [2.05, 4.69) is 0 Å². The molecule has 0 fully saturated rings. The van der Waals surface area contributed by atoms with E-state index in [1.54, 1.807) is 5.92 Å². The lowest BCUT2D eigenvalue weighted by Crippen LogP contribution is -2.38. The summed E-state index contributed by atoms with van der Waals surface area (Å²) in [5.41, 5.74) is 0. The van der Waals surface area contributed by atoms with Crippen molar-refractivity contribution in [2.75, 3.05) is 0 Å². The molecule has 0 aromatic carbocycles. The Labute approximate surface area is 73.6 Å². The summed E-state index contributed by atoms with van der Waals surface area (Å²) in [5.74, 6) is 0.0349. The van der Waals surface area contributed by atoms with Crippen LogP contribution in [-0.4, -0.2) is 34.1 Å². The molecule has 0 radical (unpaired) electrons. The molecule has 1 atom stereocenters. The van der Waals surface area contributed by atoms with Gasteiger partial charge in [0.15, 0.2) is 6.04 Å². The van der Waals surface area contributed by atoms with Crippen LogP contribution in [0.2, 0.25) is 0 Å². The van der Waals surface area contributed by atoms with E-state index in [9.17, 15) is 14.4 Å². The molecule has 6 heteroatoms. The topological polar surface area (TPSA) is 104 Å². The number of carboxylic acids is 2. The minimum absolute atomic E-state index is 0.591. The Balaban J connectivity index is 4.47. The lowest BCUT2D eigenvalue weighted by molar-refractivity contribution is -0.139. The van der Waals surface area contributed by atoms with Crippen molar-refractivity contribution in [3.63, 3.8) is 0 Å². The average molecular weight is 185 g/mol. The van der Waals surface area contributed by atoms with Crippen molar-refractivity contribution in [1.82, 2.24) is 5.32 Å². The van der Waals surface area contributed by atoms with Crippen LogP contribution in [0.15, 0.2) is 0 Å². The van der Waals surface area contributed by atoms with E-state index >= 15 is 0 Å². The normalized spacial score (nSPS) is 10.5. The highest BCUT2D eigenvalue weighted by Gasteiger charge is 2.14. The van der Waals surface area contributed by atoms with Crippen molar-refractivity contribution in [2.24, 2.45) is 0 Å². The zero-order valence-electron chi connectivity index (χ0n) is 6.70. The molecule has 0 aromatic rings. The maximum absolute atomic E-state index is 10.4. The molecule has 3 N–H and O–H groups in total. The van der Waals surface area contributed by atoms with Gasteiger partial charge in [-0.15, -0.1) is 0 Å².